The number of imidazole rings is 1. The zero-order valence-corrected chi connectivity index (χ0v) is 20.1. The molecule has 0 spiro atoms. The summed E-state index contributed by atoms with van der Waals surface area (Å²) in [6.45, 7) is 3.81. The van der Waals surface area contributed by atoms with Crippen LogP contribution in [0.3, 0.4) is 0 Å². The van der Waals surface area contributed by atoms with Gasteiger partial charge in [-0.2, -0.15) is 4.98 Å². The van der Waals surface area contributed by atoms with E-state index in [1.54, 1.807) is 0 Å². The van der Waals surface area contributed by atoms with Crippen molar-refractivity contribution in [1.29, 1.82) is 0 Å². The zero-order chi connectivity index (χ0) is 23.5. The summed E-state index contributed by atoms with van der Waals surface area (Å²) in [6.07, 6.45) is 0.876. The van der Waals surface area contributed by atoms with Gasteiger partial charge in [-0.1, -0.05) is 17.7 Å². The number of nitrogens with zero attached hydrogens (tertiary/aromatic N) is 5. The van der Waals surface area contributed by atoms with E-state index in [1.165, 1.54) is 0 Å². The fraction of sp³-hybridized carbons (Fsp3) is 0.320. The zero-order valence-electron chi connectivity index (χ0n) is 19.4. The molecular formula is C25H28ClN7O. The predicted octanol–water partition coefficient (Wildman–Crippen LogP) is 4.36. The maximum atomic E-state index is 6.05. The van der Waals surface area contributed by atoms with Gasteiger partial charge in [0, 0.05) is 48.4 Å². The van der Waals surface area contributed by atoms with Crippen molar-refractivity contribution >= 4 is 40.1 Å². The first kappa shape index (κ1) is 22.6. The van der Waals surface area contributed by atoms with E-state index in [9.17, 15) is 0 Å². The first-order chi connectivity index (χ1) is 16.5. The lowest BCUT2D eigenvalue weighted by molar-refractivity contribution is 0.122. The highest BCUT2D eigenvalue weighted by molar-refractivity contribution is 6.30. The summed E-state index contributed by atoms with van der Waals surface area (Å²) in [6, 6.07) is 15.8. The standard InChI is InChI=1S/C25H28ClN7O/c1-32(2)10-9-23-28-20-8-3-17(15-22(20)29-23)21-16-24(27-19-6-4-18(26)5-7-19)31-25(30-21)33-11-13-34-14-12-33/h3-8,15-16H,9-14H2,1-2H3,(H,28,29)(H,27,30,31). The molecule has 3 heterocycles. The number of anilines is 3. The van der Waals surface area contributed by atoms with Gasteiger partial charge in [-0.3, -0.25) is 0 Å². The number of hydrogen-bond acceptors (Lipinski definition) is 7. The number of fused-ring (bicyclic) bond motifs is 1. The third-order valence-electron chi connectivity index (χ3n) is 5.75. The van der Waals surface area contributed by atoms with Crippen LogP contribution in [0, 0.1) is 0 Å². The minimum atomic E-state index is 0.670. The SMILES string of the molecule is CN(C)CCc1nc2ccc(-c3cc(Nc4ccc(Cl)cc4)nc(N4CCOCC4)n3)cc2[nH]1. The predicted molar refractivity (Wildman–Crippen MR) is 137 cm³/mol. The second-order valence-corrected chi connectivity index (χ2v) is 9.07. The lowest BCUT2D eigenvalue weighted by Crippen LogP contribution is -2.37. The van der Waals surface area contributed by atoms with Gasteiger partial charge in [-0.15, -0.1) is 0 Å². The summed E-state index contributed by atoms with van der Waals surface area (Å²) >= 11 is 6.05. The van der Waals surface area contributed by atoms with Crippen LogP contribution >= 0.6 is 11.6 Å². The fourth-order valence-corrected chi connectivity index (χ4v) is 4.03. The molecule has 2 N–H and O–H groups in total. The van der Waals surface area contributed by atoms with Gasteiger partial charge in [-0.05, 0) is 50.5 Å². The third kappa shape index (κ3) is 5.30. The molecule has 1 aliphatic heterocycles. The lowest BCUT2D eigenvalue weighted by atomic mass is 10.1. The molecule has 0 saturated carbocycles. The van der Waals surface area contributed by atoms with Crippen molar-refractivity contribution in [2.45, 2.75) is 6.42 Å². The molecule has 0 bridgehead atoms. The van der Waals surface area contributed by atoms with Crippen LogP contribution in [-0.4, -0.2) is 71.8 Å². The number of benzene rings is 2. The topological polar surface area (TPSA) is 82.2 Å². The first-order valence-corrected chi connectivity index (χ1v) is 11.8. The third-order valence-corrected chi connectivity index (χ3v) is 6.00. The molecule has 4 aromatic rings. The number of nitrogens with one attached hydrogen (secondary N) is 2. The second-order valence-electron chi connectivity index (χ2n) is 8.64. The summed E-state index contributed by atoms with van der Waals surface area (Å²) in [4.78, 5) is 22.2. The Balaban J connectivity index is 1.49. The van der Waals surface area contributed by atoms with E-state index in [4.69, 9.17) is 31.3 Å². The highest BCUT2D eigenvalue weighted by Crippen LogP contribution is 2.28. The van der Waals surface area contributed by atoms with Gasteiger partial charge < -0.3 is 24.8 Å². The van der Waals surface area contributed by atoms with E-state index >= 15 is 0 Å². The van der Waals surface area contributed by atoms with Crippen LogP contribution in [0.1, 0.15) is 5.82 Å². The summed E-state index contributed by atoms with van der Waals surface area (Å²) in [7, 11) is 4.13. The number of H-pyrrole nitrogens is 1. The smallest absolute Gasteiger partial charge is 0.228 e. The monoisotopic (exact) mass is 477 g/mol. The molecule has 176 valence electrons. The molecular weight excluding hydrogens is 450 g/mol. The fourth-order valence-electron chi connectivity index (χ4n) is 3.90. The van der Waals surface area contributed by atoms with Crippen molar-refractivity contribution < 1.29 is 4.74 Å². The van der Waals surface area contributed by atoms with Crippen LogP contribution in [0.2, 0.25) is 5.02 Å². The van der Waals surface area contributed by atoms with Crippen molar-refractivity contribution in [3.05, 3.63) is 59.4 Å². The van der Waals surface area contributed by atoms with Gasteiger partial charge >= 0.3 is 0 Å². The molecule has 1 saturated heterocycles. The van der Waals surface area contributed by atoms with Gasteiger partial charge in [0.2, 0.25) is 5.95 Å². The molecule has 0 atom stereocenters. The van der Waals surface area contributed by atoms with Crippen molar-refractivity contribution in [3.8, 4) is 11.3 Å². The van der Waals surface area contributed by atoms with Gasteiger partial charge in [0.1, 0.15) is 11.6 Å². The first-order valence-electron chi connectivity index (χ1n) is 11.4. The largest absolute Gasteiger partial charge is 0.378 e. The molecule has 2 aromatic heterocycles. The molecule has 5 rings (SSSR count). The number of aromatic amines is 1. The Morgan fingerprint density at radius 3 is 2.59 bits per heavy atom. The quantitative estimate of drug-likeness (QED) is 0.409. The van der Waals surface area contributed by atoms with Crippen molar-refractivity contribution in [2.24, 2.45) is 0 Å². The van der Waals surface area contributed by atoms with E-state index in [-0.39, 0.29) is 0 Å². The number of likely N-dealkylation sites (N-methyl/N-ethyl adjacent to an activating group) is 1. The van der Waals surface area contributed by atoms with E-state index in [2.05, 4.69) is 46.3 Å². The molecule has 8 nitrogen and oxygen atoms in total. The van der Waals surface area contributed by atoms with E-state index in [0.717, 1.165) is 65.7 Å². The molecule has 0 amide bonds. The molecule has 0 unspecified atom stereocenters. The van der Waals surface area contributed by atoms with Crippen molar-refractivity contribution in [3.63, 3.8) is 0 Å². The van der Waals surface area contributed by atoms with Crippen molar-refractivity contribution in [1.82, 2.24) is 24.8 Å². The average molecular weight is 478 g/mol. The normalized spacial score (nSPS) is 14.2. The maximum Gasteiger partial charge on any atom is 0.228 e. The van der Waals surface area contributed by atoms with Crippen molar-refractivity contribution in [2.75, 3.05) is 57.2 Å². The van der Waals surface area contributed by atoms with E-state index < -0.39 is 0 Å². The van der Waals surface area contributed by atoms with Crippen LogP contribution in [0.5, 0.6) is 0 Å². The van der Waals surface area contributed by atoms with Crippen LogP contribution < -0.4 is 10.2 Å². The summed E-state index contributed by atoms with van der Waals surface area (Å²) in [5, 5.41) is 4.09. The van der Waals surface area contributed by atoms with Crippen LogP contribution in [0.15, 0.2) is 48.5 Å². The minimum Gasteiger partial charge on any atom is -0.378 e. The number of aromatic nitrogens is 4. The average Bonchev–Trinajstić information content (AvgIpc) is 3.27. The molecule has 9 heteroatoms. The highest BCUT2D eigenvalue weighted by atomic mass is 35.5. The summed E-state index contributed by atoms with van der Waals surface area (Å²) in [5.74, 6) is 2.40. The molecule has 2 aromatic carbocycles. The number of morpholine rings is 1. The molecule has 34 heavy (non-hydrogen) atoms. The van der Waals surface area contributed by atoms with Crippen LogP contribution in [0.4, 0.5) is 17.5 Å². The van der Waals surface area contributed by atoms with Gasteiger partial charge in [0.25, 0.3) is 0 Å². The molecule has 1 aliphatic rings. The summed E-state index contributed by atoms with van der Waals surface area (Å²) < 4.78 is 5.52. The molecule has 0 radical (unpaired) electrons. The molecule has 1 fully saturated rings. The lowest BCUT2D eigenvalue weighted by Gasteiger charge is -2.27. The summed E-state index contributed by atoms with van der Waals surface area (Å²) in [5.41, 5.74) is 4.73. The van der Waals surface area contributed by atoms with Crippen LogP contribution in [0.25, 0.3) is 22.3 Å². The van der Waals surface area contributed by atoms with E-state index in [0.29, 0.717) is 24.2 Å². The van der Waals surface area contributed by atoms with E-state index in [1.807, 2.05) is 36.4 Å². The Bertz CT molecular complexity index is 1270. The minimum absolute atomic E-state index is 0.670. The number of hydrogen-bond donors (Lipinski definition) is 2. The Labute approximate surface area is 203 Å². The Morgan fingerprint density at radius 2 is 1.82 bits per heavy atom. The Hall–Kier alpha value is -3.20. The van der Waals surface area contributed by atoms with Crippen LogP contribution in [-0.2, 0) is 11.2 Å². The highest BCUT2D eigenvalue weighted by Gasteiger charge is 2.17. The number of rotatable bonds is 7. The maximum absolute atomic E-state index is 6.05. The Kier molecular flexibility index (Phi) is 6.62. The second kappa shape index (κ2) is 9.97. The van der Waals surface area contributed by atoms with Gasteiger partial charge in [-0.25, -0.2) is 9.97 Å². The van der Waals surface area contributed by atoms with Gasteiger partial charge in [0.05, 0.1) is 29.9 Å². The molecule has 0 aliphatic carbocycles. The number of ether oxygens (including phenoxy) is 1. The Morgan fingerprint density at radius 1 is 1.03 bits per heavy atom. The van der Waals surface area contributed by atoms with Gasteiger partial charge in [0.15, 0.2) is 0 Å². The number of halogens is 1.